The van der Waals surface area contributed by atoms with Crippen molar-refractivity contribution in [3.63, 3.8) is 0 Å². The summed E-state index contributed by atoms with van der Waals surface area (Å²) in [5, 5.41) is 36.1. The maximum atomic E-state index is 14.8. The van der Waals surface area contributed by atoms with Gasteiger partial charge in [-0.15, -0.1) is 0 Å². The predicted octanol–water partition coefficient (Wildman–Crippen LogP) is 12.2. The van der Waals surface area contributed by atoms with E-state index in [1.807, 2.05) is 93.4 Å². The Morgan fingerprint density at radius 1 is 0.541 bits per heavy atom. The van der Waals surface area contributed by atoms with Gasteiger partial charge in [-0.3, -0.25) is 24.4 Å². The van der Waals surface area contributed by atoms with Crippen molar-refractivity contribution in [2.24, 2.45) is 5.73 Å². The zero-order valence-corrected chi connectivity index (χ0v) is 62.7. The average Bonchev–Trinajstić information content (AvgIpc) is 1.27. The highest BCUT2D eigenvalue weighted by Gasteiger charge is 2.29. The Labute approximate surface area is 637 Å². The van der Waals surface area contributed by atoms with Gasteiger partial charge in [0.2, 0.25) is 52.8 Å². The number of anilines is 2. The highest BCUT2D eigenvalue weighted by molar-refractivity contribution is 9.10. The number of carbonyl (C=O) groups is 3. The van der Waals surface area contributed by atoms with E-state index in [0.717, 1.165) is 41.6 Å². The molecule has 0 bridgehead atoms. The molecule has 109 heavy (non-hydrogen) atoms. The first kappa shape index (κ1) is 77.4. The quantitative estimate of drug-likeness (QED) is 0.0478. The van der Waals surface area contributed by atoms with Gasteiger partial charge in [0, 0.05) is 92.4 Å². The minimum absolute atomic E-state index is 0.139. The molecule has 0 radical (unpaired) electrons. The van der Waals surface area contributed by atoms with Gasteiger partial charge < -0.3 is 58.8 Å². The Hall–Kier alpha value is -12.7. The van der Waals surface area contributed by atoms with E-state index in [0.29, 0.717) is 129 Å². The molecule has 0 saturated heterocycles. The summed E-state index contributed by atoms with van der Waals surface area (Å²) in [4.78, 5) is 87.2. The van der Waals surface area contributed by atoms with Crippen molar-refractivity contribution < 1.29 is 46.6 Å². The lowest BCUT2D eigenvalue weighted by Gasteiger charge is -2.14. The van der Waals surface area contributed by atoms with E-state index < -0.39 is 23.5 Å². The molecule has 1 saturated carbocycles. The summed E-state index contributed by atoms with van der Waals surface area (Å²) in [6.45, 7) is 8.28. The maximum absolute atomic E-state index is 14.8. The second-order valence-electron chi connectivity index (χ2n) is 25.2. The summed E-state index contributed by atoms with van der Waals surface area (Å²) < 4.78 is 47.5. The van der Waals surface area contributed by atoms with Crippen molar-refractivity contribution in [3.05, 3.63) is 200 Å². The smallest absolute Gasteiger partial charge is 0.258 e. The van der Waals surface area contributed by atoms with Gasteiger partial charge in [0.1, 0.15) is 66.2 Å². The van der Waals surface area contributed by atoms with Crippen LogP contribution >= 0.6 is 27.5 Å². The van der Waals surface area contributed by atoms with Crippen LogP contribution in [0.15, 0.2) is 152 Å². The minimum Gasteiger partial charge on any atom is -0.475 e. The summed E-state index contributed by atoms with van der Waals surface area (Å²) in [5.41, 5.74) is 14.1. The lowest BCUT2D eigenvalue weighted by molar-refractivity contribution is 0.0996. The maximum Gasteiger partial charge on any atom is 0.258 e. The standard InChI is InChI=1S/C26H26BrN7O3.C25H22ClN7O3.C25H22FN7O3/c1-14-30-24(33-37-14)16-6-7-17(19(12-16)15-4-5-15)21-9-8-18(23(28)35)22(31-21)25-29-13-20(27)26(32-25)36-11-10-34(2)3;2*1-15-29-23(32-36-15)16-4-7-19(20(26)12-16)21-8-5-18(14-28-21)24(34)30-22-9-6-17(13-27)25(31-22)35-11-10-33(2)3/h6-9,12-13,15H,4-5,10-11H2,1-3H3,(H2,28,35);2*4-9,12,14H,10-11H2,1-3H3,(H,30,31,34). The molecule has 13 rings (SSSR count). The van der Waals surface area contributed by atoms with Crippen molar-refractivity contribution in [1.29, 1.82) is 10.5 Å². The topological polar surface area (TPSA) is 393 Å². The van der Waals surface area contributed by atoms with Gasteiger partial charge in [0.15, 0.2) is 5.82 Å². The number of likely N-dealkylation sites (N-methyl/N-ethyl adjacent to an activating group) is 3. The van der Waals surface area contributed by atoms with Gasteiger partial charge in [-0.25, -0.2) is 14.4 Å². The molecule has 9 heterocycles. The minimum atomic E-state index is -0.610. The average molecular weight is 1560 g/mol. The van der Waals surface area contributed by atoms with Crippen molar-refractivity contribution >= 4 is 56.9 Å². The number of amides is 3. The first-order valence-corrected chi connectivity index (χ1v) is 34.8. The summed E-state index contributed by atoms with van der Waals surface area (Å²) in [6.07, 6.45) is 6.58. The molecule has 554 valence electrons. The summed E-state index contributed by atoms with van der Waals surface area (Å²) in [7, 11) is 11.6. The van der Waals surface area contributed by atoms with Gasteiger partial charge in [-0.1, -0.05) is 57.4 Å². The van der Waals surface area contributed by atoms with Crippen LogP contribution in [0.25, 0.3) is 79.5 Å². The second-order valence-corrected chi connectivity index (χ2v) is 26.5. The molecule has 0 aliphatic heterocycles. The van der Waals surface area contributed by atoms with Crippen LogP contribution < -0.4 is 30.6 Å². The van der Waals surface area contributed by atoms with Gasteiger partial charge in [-0.2, -0.15) is 40.4 Å². The number of aryl methyl sites for hydroxylation is 3. The lowest BCUT2D eigenvalue weighted by Crippen LogP contribution is -2.20. The molecule has 1 fully saturated rings. The molecule has 0 atom stereocenters. The summed E-state index contributed by atoms with van der Waals surface area (Å²) in [6, 6.07) is 36.0. The Morgan fingerprint density at radius 2 is 1.00 bits per heavy atom. The lowest BCUT2D eigenvalue weighted by atomic mass is 9.96. The number of primary amides is 1. The number of nitrogens with one attached hydrogen (secondary N) is 2. The number of pyridine rings is 5. The molecule has 0 spiro atoms. The van der Waals surface area contributed by atoms with Crippen LogP contribution in [0, 0.1) is 49.3 Å². The van der Waals surface area contributed by atoms with Crippen LogP contribution in [0.1, 0.15) is 84.2 Å². The molecule has 3 aromatic carbocycles. The number of rotatable bonds is 25. The summed E-state index contributed by atoms with van der Waals surface area (Å²) in [5.74, 6) is 2.50. The predicted molar refractivity (Wildman–Crippen MR) is 403 cm³/mol. The zero-order valence-electron chi connectivity index (χ0n) is 60.4. The van der Waals surface area contributed by atoms with Gasteiger partial charge >= 0.3 is 0 Å². The van der Waals surface area contributed by atoms with E-state index in [9.17, 15) is 29.3 Å². The third-order valence-electron chi connectivity index (χ3n) is 16.1. The van der Waals surface area contributed by atoms with Crippen LogP contribution in [0.4, 0.5) is 16.0 Å². The fourth-order valence-electron chi connectivity index (χ4n) is 10.3. The Bertz CT molecular complexity index is 5150. The highest BCUT2D eigenvalue weighted by Crippen LogP contribution is 2.46. The molecule has 12 aromatic rings. The largest absolute Gasteiger partial charge is 0.475 e. The molecule has 4 N–H and O–H groups in total. The number of carbonyl (C=O) groups excluding carboxylic acids is 3. The molecule has 0 unspecified atom stereocenters. The first-order chi connectivity index (χ1) is 52.5. The van der Waals surface area contributed by atoms with Crippen molar-refractivity contribution in [2.45, 2.75) is 39.5 Å². The number of nitrogens with two attached hydrogens (primary N) is 1. The van der Waals surface area contributed by atoms with E-state index in [2.05, 4.69) is 93.0 Å². The van der Waals surface area contributed by atoms with E-state index in [-0.39, 0.29) is 57.0 Å². The molecule has 9 aromatic heterocycles. The number of hydrogen-bond acceptors (Lipinski definition) is 27. The van der Waals surface area contributed by atoms with Crippen molar-refractivity contribution in [2.75, 3.05) is 92.4 Å². The fourth-order valence-corrected chi connectivity index (χ4v) is 10.9. The third kappa shape index (κ3) is 20.3. The Morgan fingerprint density at radius 3 is 1.43 bits per heavy atom. The third-order valence-corrected chi connectivity index (χ3v) is 17.0. The van der Waals surface area contributed by atoms with Crippen LogP contribution in [-0.4, -0.2) is 179 Å². The summed E-state index contributed by atoms with van der Waals surface area (Å²) >= 11 is 9.91. The van der Waals surface area contributed by atoms with Crippen LogP contribution in [-0.2, 0) is 0 Å². The van der Waals surface area contributed by atoms with Gasteiger partial charge in [0.25, 0.3) is 17.7 Å². The Balaban J connectivity index is 0.000000162. The molecular formula is C76H70BrClFN21O9. The molecular weight excluding hydrogens is 1490 g/mol. The molecule has 3 amide bonds. The number of nitrogens with zero attached hydrogens (tertiary/aromatic N) is 18. The first-order valence-electron chi connectivity index (χ1n) is 33.7. The van der Waals surface area contributed by atoms with E-state index >= 15 is 0 Å². The number of nitriles is 2. The SMILES string of the molecule is Cc1nc(-c2ccc(-c3ccc(C(=O)Nc4ccc(C#N)c(OCCN(C)C)n4)cn3)c(Cl)c2)no1.Cc1nc(-c2ccc(-c3ccc(C(=O)Nc4ccc(C#N)c(OCCN(C)C)n4)cn3)c(F)c2)no1.Cc1nc(-c2ccc(-c3ccc(C(N)=O)c(-c4ncc(Br)c(OCCN(C)C)n4)n3)c(C3CC3)c2)no1. The zero-order chi connectivity index (χ0) is 77.4. The van der Waals surface area contributed by atoms with Crippen molar-refractivity contribution in [1.82, 2.24) is 80.0 Å². The number of hydrogen-bond donors (Lipinski definition) is 3. The second kappa shape index (κ2) is 35.6. The van der Waals surface area contributed by atoms with E-state index in [1.54, 1.807) is 87.6 Å². The molecule has 1 aliphatic carbocycles. The normalized spacial score (nSPS) is 11.6. The number of halogens is 3. The van der Waals surface area contributed by atoms with Crippen LogP contribution in [0.2, 0.25) is 5.02 Å². The number of aromatic nitrogens is 13. The molecule has 1 aliphatic rings. The van der Waals surface area contributed by atoms with Gasteiger partial charge in [0.05, 0.1) is 43.3 Å². The molecule has 33 heteroatoms. The van der Waals surface area contributed by atoms with Gasteiger partial charge in [-0.05, 0) is 167 Å². The van der Waals surface area contributed by atoms with Crippen LogP contribution in [0.3, 0.4) is 0 Å². The number of benzene rings is 3. The number of ether oxygens (including phenoxy) is 3. The molecule has 30 nitrogen and oxygen atoms in total. The fraction of sp³-hybridized carbons (Fsp3) is 0.237. The Kier molecular flexibility index (Phi) is 25.3. The van der Waals surface area contributed by atoms with E-state index in [1.165, 1.54) is 36.7 Å². The monoisotopic (exact) mass is 1550 g/mol. The van der Waals surface area contributed by atoms with Crippen molar-refractivity contribution in [3.8, 4) is 109 Å². The highest BCUT2D eigenvalue weighted by atomic mass is 79.9. The van der Waals surface area contributed by atoms with Crippen LogP contribution in [0.5, 0.6) is 17.6 Å². The van der Waals surface area contributed by atoms with E-state index in [4.69, 9.17) is 50.1 Å².